The molecule has 0 aromatic carbocycles. The monoisotopic (exact) mass is 386 g/mol. The van der Waals surface area contributed by atoms with Crippen molar-refractivity contribution in [2.24, 2.45) is 28.6 Å². The summed E-state index contributed by atoms with van der Waals surface area (Å²) in [6.45, 7) is 7.32. The van der Waals surface area contributed by atoms with E-state index >= 15 is 0 Å². The predicted octanol–water partition coefficient (Wildman–Crippen LogP) is 4.85. The van der Waals surface area contributed by atoms with Crippen LogP contribution in [-0.2, 0) is 9.53 Å². The minimum Gasteiger partial charge on any atom is -0.498 e. The molecule has 4 aliphatic rings. The van der Waals surface area contributed by atoms with Gasteiger partial charge in [-0.25, -0.2) is 0 Å². The van der Waals surface area contributed by atoms with Crippen LogP contribution in [0.3, 0.4) is 0 Å². The van der Waals surface area contributed by atoms with Gasteiger partial charge in [-0.3, -0.25) is 4.79 Å². The molecule has 4 nitrogen and oxygen atoms in total. The van der Waals surface area contributed by atoms with E-state index in [1.807, 2.05) is 6.92 Å². The summed E-state index contributed by atoms with van der Waals surface area (Å²) >= 11 is 0. The van der Waals surface area contributed by atoms with Crippen molar-refractivity contribution < 1.29 is 19.7 Å². The zero-order valence-corrected chi connectivity index (χ0v) is 17.4. The molecular formula is C24H34O4. The van der Waals surface area contributed by atoms with Gasteiger partial charge < -0.3 is 14.9 Å². The van der Waals surface area contributed by atoms with Gasteiger partial charge >= 0.3 is 5.97 Å². The van der Waals surface area contributed by atoms with Gasteiger partial charge in [0.1, 0.15) is 0 Å². The van der Waals surface area contributed by atoms with Crippen LogP contribution < -0.4 is 0 Å². The number of rotatable bonds is 5. The quantitative estimate of drug-likeness (QED) is 0.663. The number of carbonyl (C=O) groups is 1. The summed E-state index contributed by atoms with van der Waals surface area (Å²) in [5, 5.41) is 20.5. The van der Waals surface area contributed by atoms with Crippen LogP contribution in [-0.4, -0.2) is 28.4 Å². The molecule has 4 rings (SSSR count). The largest absolute Gasteiger partial charge is 0.498 e. The molecule has 0 aliphatic heterocycles. The van der Waals surface area contributed by atoms with E-state index < -0.39 is 11.6 Å². The Bertz CT molecular complexity index is 750. The average Bonchev–Trinajstić information content (AvgIpc) is 2.92. The van der Waals surface area contributed by atoms with Crippen LogP contribution in [0, 0.1) is 28.6 Å². The standard InChI is InChI=1S/C24H34O4/c1-4-28-17-7-11-22(2)16(15-17)5-6-18-19(22)8-12-23(3)20(18)9-13-24(23,27)14-10-21(25)26/h5,8,12,15,18-20,27H,4,6-7,9-11,13-14H2,1-3H3,(H,25,26)/t18-,19+,20+,22+,23+,24+/m1/s1. The number of fused-ring (bicyclic) bond motifs is 5. The molecule has 28 heavy (non-hydrogen) atoms. The molecule has 0 bridgehead atoms. The summed E-state index contributed by atoms with van der Waals surface area (Å²) in [7, 11) is 0. The Kier molecular flexibility index (Phi) is 4.77. The second-order valence-electron chi connectivity index (χ2n) is 9.76. The molecule has 2 N–H and O–H groups in total. The Morgan fingerprint density at radius 3 is 2.82 bits per heavy atom. The van der Waals surface area contributed by atoms with E-state index in [1.165, 1.54) is 5.57 Å². The van der Waals surface area contributed by atoms with Gasteiger partial charge in [-0.15, -0.1) is 0 Å². The van der Waals surface area contributed by atoms with Crippen LogP contribution in [0.25, 0.3) is 0 Å². The average molecular weight is 387 g/mol. The summed E-state index contributed by atoms with van der Waals surface area (Å²) in [5.41, 5.74) is 0.308. The summed E-state index contributed by atoms with van der Waals surface area (Å²) < 4.78 is 5.79. The van der Waals surface area contributed by atoms with E-state index in [-0.39, 0.29) is 17.3 Å². The molecule has 1 fully saturated rings. The van der Waals surface area contributed by atoms with E-state index in [0.29, 0.717) is 30.6 Å². The van der Waals surface area contributed by atoms with E-state index in [4.69, 9.17) is 9.84 Å². The van der Waals surface area contributed by atoms with Crippen molar-refractivity contribution >= 4 is 5.97 Å². The highest BCUT2D eigenvalue weighted by Gasteiger charge is 2.61. The number of ether oxygens (including phenoxy) is 1. The number of aliphatic carboxylic acids is 1. The van der Waals surface area contributed by atoms with Gasteiger partial charge in [-0.2, -0.15) is 0 Å². The fraction of sp³-hybridized carbons (Fsp3) is 0.708. The number of hydrogen-bond acceptors (Lipinski definition) is 3. The van der Waals surface area contributed by atoms with Crippen molar-refractivity contribution in [3.63, 3.8) is 0 Å². The molecule has 0 aromatic rings. The molecule has 1 saturated carbocycles. The van der Waals surface area contributed by atoms with Crippen molar-refractivity contribution in [3.8, 4) is 0 Å². The van der Waals surface area contributed by atoms with E-state index in [0.717, 1.165) is 38.0 Å². The first-order valence-corrected chi connectivity index (χ1v) is 10.9. The maximum atomic E-state index is 11.4. The second-order valence-corrected chi connectivity index (χ2v) is 9.76. The van der Waals surface area contributed by atoms with Gasteiger partial charge in [0.15, 0.2) is 0 Å². The Hall–Kier alpha value is -1.55. The Morgan fingerprint density at radius 1 is 1.32 bits per heavy atom. The normalized spacial score (nSPS) is 44.1. The van der Waals surface area contributed by atoms with Gasteiger partial charge in [0.2, 0.25) is 0 Å². The molecule has 0 amide bonds. The maximum Gasteiger partial charge on any atom is 0.303 e. The lowest BCUT2D eigenvalue weighted by molar-refractivity contribution is -0.140. The van der Waals surface area contributed by atoms with Crippen LogP contribution in [0.5, 0.6) is 0 Å². The fourth-order valence-corrected chi connectivity index (χ4v) is 6.80. The van der Waals surface area contributed by atoms with Crippen LogP contribution >= 0.6 is 0 Å². The SMILES string of the molecule is CCOC1=CC2=CC[C@@H]3[C@H](C=C[C@@]4(C)[C@H]3CC[C@]4(O)CCC(=O)O)[C@@]2(C)CC1. The van der Waals surface area contributed by atoms with Crippen molar-refractivity contribution in [1.82, 2.24) is 0 Å². The minimum absolute atomic E-state index is 0.0352. The highest BCUT2D eigenvalue weighted by atomic mass is 16.5. The fourth-order valence-electron chi connectivity index (χ4n) is 6.80. The highest BCUT2D eigenvalue weighted by Crippen LogP contribution is 2.65. The molecular weight excluding hydrogens is 352 g/mol. The lowest BCUT2D eigenvalue weighted by atomic mass is 9.50. The summed E-state index contributed by atoms with van der Waals surface area (Å²) in [4.78, 5) is 11.1. The predicted molar refractivity (Wildman–Crippen MR) is 109 cm³/mol. The Morgan fingerprint density at radius 2 is 2.11 bits per heavy atom. The third-order valence-electron chi connectivity index (χ3n) is 8.56. The molecule has 0 radical (unpaired) electrons. The second kappa shape index (κ2) is 6.76. The molecule has 0 aromatic heterocycles. The minimum atomic E-state index is -0.906. The molecule has 0 spiro atoms. The number of carboxylic acids is 1. The number of carboxylic acid groups (broad SMARTS) is 1. The lowest BCUT2D eigenvalue weighted by Gasteiger charge is -2.55. The zero-order valence-electron chi connectivity index (χ0n) is 17.4. The van der Waals surface area contributed by atoms with Crippen LogP contribution in [0.15, 0.2) is 35.6 Å². The van der Waals surface area contributed by atoms with E-state index in [9.17, 15) is 9.90 Å². The van der Waals surface area contributed by atoms with Crippen LogP contribution in [0.2, 0.25) is 0 Å². The topological polar surface area (TPSA) is 66.8 Å². The van der Waals surface area contributed by atoms with Crippen molar-refractivity contribution in [3.05, 3.63) is 35.6 Å². The van der Waals surface area contributed by atoms with Gasteiger partial charge in [0.05, 0.1) is 18.0 Å². The van der Waals surface area contributed by atoms with Crippen LogP contribution in [0.4, 0.5) is 0 Å². The molecule has 4 heteroatoms. The first kappa shape index (κ1) is 19.8. The van der Waals surface area contributed by atoms with Gasteiger partial charge in [0, 0.05) is 18.3 Å². The Balaban J connectivity index is 1.64. The number of allylic oxidation sites excluding steroid dienone is 5. The van der Waals surface area contributed by atoms with Crippen molar-refractivity contribution in [1.29, 1.82) is 0 Å². The maximum absolute atomic E-state index is 11.4. The molecule has 0 heterocycles. The molecule has 0 saturated heterocycles. The first-order chi connectivity index (χ1) is 13.2. The third-order valence-corrected chi connectivity index (χ3v) is 8.56. The van der Waals surface area contributed by atoms with Gasteiger partial charge in [-0.05, 0) is 73.8 Å². The Labute approximate surface area is 168 Å². The van der Waals surface area contributed by atoms with Crippen molar-refractivity contribution in [2.45, 2.75) is 71.3 Å². The summed E-state index contributed by atoms with van der Waals surface area (Å²) in [6.07, 6.45) is 14.5. The first-order valence-electron chi connectivity index (χ1n) is 10.9. The third kappa shape index (κ3) is 2.79. The van der Waals surface area contributed by atoms with E-state index in [1.54, 1.807) is 0 Å². The highest BCUT2D eigenvalue weighted by molar-refractivity contribution is 5.66. The molecule has 0 unspecified atom stereocenters. The number of hydrogen-bond donors (Lipinski definition) is 2. The van der Waals surface area contributed by atoms with Gasteiger partial charge in [0.25, 0.3) is 0 Å². The molecule has 4 aliphatic carbocycles. The van der Waals surface area contributed by atoms with Crippen LogP contribution in [0.1, 0.15) is 65.7 Å². The summed E-state index contributed by atoms with van der Waals surface area (Å²) in [5.74, 6) is 1.69. The zero-order chi connectivity index (χ0) is 20.2. The molecule has 6 atom stereocenters. The summed E-state index contributed by atoms with van der Waals surface area (Å²) in [6, 6.07) is 0. The smallest absolute Gasteiger partial charge is 0.303 e. The van der Waals surface area contributed by atoms with E-state index in [2.05, 4.69) is 38.2 Å². The molecule has 154 valence electrons. The lowest BCUT2D eigenvalue weighted by Crippen LogP contribution is -2.51. The van der Waals surface area contributed by atoms with Gasteiger partial charge in [-0.1, -0.05) is 32.1 Å². The number of aliphatic hydroxyl groups is 1. The van der Waals surface area contributed by atoms with Crippen molar-refractivity contribution in [2.75, 3.05) is 6.61 Å².